The van der Waals surface area contributed by atoms with Gasteiger partial charge in [0.2, 0.25) is 15.9 Å². The van der Waals surface area contributed by atoms with Crippen LogP contribution in [0.4, 0.5) is 27.6 Å². The smallest absolute Gasteiger partial charge is 0.324 e. The number of sulfonamides is 1. The van der Waals surface area contributed by atoms with Crippen LogP contribution in [-0.2, 0) is 34.5 Å². The number of fused-ring (bicyclic) bond motifs is 2. The minimum Gasteiger partial charge on any atom is -0.324 e. The second-order valence-electron chi connectivity index (χ2n) is 11.3. The summed E-state index contributed by atoms with van der Waals surface area (Å²) >= 11 is 5.81. The molecule has 2 aromatic carbocycles. The summed E-state index contributed by atoms with van der Waals surface area (Å²) in [6.45, 7) is 0.729. The average Bonchev–Trinajstić information content (AvgIpc) is 3.31. The summed E-state index contributed by atoms with van der Waals surface area (Å²) in [7, 11) is -2.40. The van der Waals surface area contributed by atoms with Gasteiger partial charge in [-0.3, -0.25) is 9.48 Å². The average molecular weight is 675 g/mol. The monoisotopic (exact) mass is 674 g/mol. The van der Waals surface area contributed by atoms with Crippen LogP contribution in [0.1, 0.15) is 47.7 Å². The highest BCUT2D eigenvalue weighted by atomic mass is 35.5. The number of amides is 1. The Hall–Kier alpha value is -3.11. The van der Waals surface area contributed by atoms with E-state index in [0.29, 0.717) is 24.2 Å². The van der Waals surface area contributed by atoms with Crippen LogP contribution in [0.3, 0.4) is 0 Å². The summed E-state index contributed by atoms with van der Waals surface area (Å²) in [5.74, 6) is -3.71. The molecule has 5 rings (SSSR count). The van der Waals surface area contributed by atoms with Gasteiger partial charge in [0.05, 0.1) is 28.4 Å². The van der Waals surface area contributed by atoms with Crippen LogP contribution < -0.4 is 16.4 Å². The first-order valence-corrected chi connectivity index (χ1v) is 16.3. The van der Waals surface area contributed by atoms with Crippen molar-refractivity contribution in [3.63, 3.8) is 0 Å². The molecule has 3 heterocycles. The molecule has 9 nitrogen and oxygen atoms in total. The number of nitrogens with zero attached hydrogens (tertiary/aromatic N) is 3. The predicted molar refractivity (Wildman–Crippen MR) is 158 cm³/mol. The molecule has 0 aliphatic carbocycles. The number of piperazine rings is 1. The van der Waals surface area contributed by atoms with E-state index in [4.69, 9.17) is 17.3 Å². The third-order valence-corrected chi connectivity index (χ3v) is 10.6. The van der Waals surface area contributed by atoms with Gasteiger partial charge in [0.15, 0.2) is 0 Å². The molecule has 5 atom stereocenters. The van der Waals surface area contributed by atoms with E-state index < -0.39 is 57.4 Å². The van der Waals surface area contributed by atoms with E-state index in [2.05, 4.69) is 15.7 Å². The first-order valence-electron chi connectivity index (χ1n) is 14.3. The number of anilines is 1. The Labute approximate surface area is 262 Å². The molecule has 3 aromatic rings. The van der Waals surface area contributed by atoms with Crippen molar-refractivity contribution < 1.29 is 35.2 Å². The summed E-state index contributed by atoms with van der Waals surface area (Å²) in [4.78, 5) is 13.5. The molecule has 16 heteroatoms. The lowest BCUT2D eigenvalue weighted by atomic mass is 9.88. The summed E-state index contributed by atoms with van der Waals surface area (Å²) in [6, 6.07) is 6.27. The van der Waals surface area contributed by atoms with E-state index in [1.165, 1.54) is 34.6 Å². The van der Waals surface area contributed by atoms with Crippen LogP contribution in [0.2, 0.25) is 5.02 Å². The fourth-order valence-corrected chi connectivity index (χ4v) is 7.95. The highest BCUT2D eigenvalue weighted by Gasteiger charge is 2.39. The SMILES string of the molecule is Cn1nc([C@H](c2ccc(Cl)c(F)c2)[C@H](N)C(=O)Nc2cccc(F)c2CC[C@H]2CN[C@@H]3CCCS(=O)(=O)N2C3)cc1C(F)(F)F. The Kier molecular flexibility index (Phi) is 9.57. The van der Waals surface area contributed by atoms with Crippen LogP contribution in [0, 0.1) is 11.6 Å². The summed E-state index contributed by atoms with van der Waals surface area (Å²) in [6.07, 6.45) is -3.14. The van der Waals surface area contributed by atoms with Crippen molar-refractivity contribution >= 4 is 33.2 Å². The number of nitrogens with one attached hydrogen (secondary N) is 2. The molecule has 45 heavy (non-hydrogen) atoms. The second kappa shape index (κ2) is 12.9. The van der Waals surface area contributed by atoms with Crippen molar-refractivity contribution in [2.75, 3.05) is 24.2 Å². The number of benzene rings is 2. The van der Waals surface area contributed by atoms with Crippen molar-refractivity contribution in [3.8, 4) is 0 Å². The van der Waals surface area contributed by atoms with Gasteiger partial charge in [-0.05, 0) is 61.6 Å². The van der Waals surface area contributed by atoms with Gasteiger partial charge >= 0.3 is 6.18 Å². The maximum absolute atomic E-state index is 15.2. The molecule has 0 saturated carbocycles. The number of halogens is 6. The topological polar surface area (TPSA) is 122 Å². The van der Waals surface area contributed by atoms with Crippen molar-refractivity contribution in [2.24, 2.45) is 12.8 Å². The molecule has 1 unspecified atom stereocenters. The van der Waals surface area contributed by atoms with Gasteiger partial charge in [0.1, 0.15) is 17.3 Å². The van der Waals surface area contributed by atoms with Crippen LogP contribution in [0.15, 0.2) is 42.5 Å². The van der Waals surface area contributed by atoms with Gasteiger partial charge in [-0.15, -0.1) is 0 Å². The third kappa shape index (κ3) is 7.17. The normalized spacial score (nSPS) is 22.8. The van der Waals surface area contributed by atoms with Gasteiger partial charge in [0, 0.05) is 43.5 Å². The maximum atomic E-state index is 15.2. The number of aryl methyl sites for hydroxylation is 1. The largest absolute Gasteiger partial charge is 0.433 e. The van der Waals surface area contributed by atoms with Crippen LogP contribution >= 0.6 is 11.6 Å². The molecular weight excluding hydrogens is 643 g/mol. The molecule has 2 aliphatic rings. The molecular formula is C29H32ClF5N6O3S. The lowest BCUT2D eigenvalue weighted by Crippen LogP contribution is -2.57. The summed E-state index contributed by atoms with van der Waals surface area (Å²) in [5, 5.41) is 9.63. The predicted octanol–water partition coefficient (Wildman–Crippen LogP) is 4.17. The maximum Gasteiger partial charge on any atom is 0.433 e. The van der Waals surface area contributed by atoms with Crippen LogP contribution in [0.5, 0.6) is 0 Å². The number of hydrogen-bond donors (Lipinski definition) is 3. The van der Waals surface area contributed by atoms with Gasteiger partial charge in [-0.1, -0.05) is 23.7 Å². The van der Waals surface area contributed by atoms with Crippen molar-refractivity contribution in [1.29, 1.82) is 0 Å². The van der Waals surface area contributed by atoms with E-state index in [0.717, 1.165) is 25.6 Å². The van der Waals surface area contributed by atoms with Crippen molar-refractivity contribution in [3.05, 3.63) is 81.6 Å². The van der Waals surface area contributed by atoms with Crippen molar-refractivity contribution in [1.82, 2.24) is 19.4 Å². The third-order valence-electron chi connectivity index (χ3n) is 8.34. The van der Waals surface area contributed by atoms with E-state index >= 15 is 4.39 Å². The number of nitrogens with two attached hydrogens (primary N) is 1. The quantitative estimate of drug-likeness (QED) is 0.309. The first-order chi connectivity index (χ1) is 21.2. The summed E-state index contributed by atoms with van der Waals surface area (Å²) < 4.78 is 98.2. The Bertz CT molecular complexity index is 1680. The minimum atomic E-state index is -4.76. The fraction of sp³-hybridized carbons (Fsp3) is 0.448. The standard InChI is InChI=1S/C29H32ClF5N6O3S/c1-40-25(29(33,34)35)13-24(39-40)26(16-7-10-20(30)22(32)12-16)27(36)28(42)38-23-6-2-5-21(31)19(23)9-8-18-14-37-17-4-3-11-45(43,44)41(18)15-17/h2,5-7,10,12-13,17-18,26-27,37H,3-4,8-9,11,14-15,36H2,1H3,(H,38,42)/t17-,18+,26+,27+/m1/s1. The minimum absolute atomic E-state index is 0.0417. The molecule has 2 bridgehead atoms. The van der Waals surface area contributed by atoms with Crippen LogP contribution in [-0.4, -0.2) is 65.4 Å². The number of carbonyl (C=O) groups is 1. The molecule has 2 aliphatic heterocycles. The van der Waals surface area contributed by atoms with Crippen LogP contribution in [0.25, 0.3) is 0 Å². The van der Waals surface area contributed by atoms with Gasteiger partial charge in [-0.25, -0.2) is 17.2 Å². The number of aromatic nitrogens is 2. The Balaban J connectivity index is 1.40. The Morgan fingerprint density at radius 3 is 2.64 bits per heavy atom. The molecule has 0 radical (unpaired) electrons. The first kappa shape index (κ1) is 33.3. The molecule has 1 aromatic heterocycles. The zero-order chi connectivity index (χ0) is 32.7. The van der Waals surface area contributed by atoms with Gasteiger partial charge < -0.3 is 16.4 Å². The molecule has 4 N–H and O–H groups in total. The van der Waals surface area contributed by atoms with E-state index in [1.54, 1.807) is 0 Å². The molecule has 0 spiro atoms. The van der Waals surface area contributed by atoms with Gasteiger partial charge in [0.25, 0.3) is 0 Å². The molecule has 244 valence electrons. The second-order valence-corrected chi connectivity index (χ2v) is 13.8. The number of rotatable bonds is 8. The zero-order valence-corrected chi connectivity index (χ0v) is 25.7. The Morgan fingerprint density at radius 2 is 1.96 bits per heavy atom. The highest BCUT2D eigenvalue weighted by Crippen LogP contribution is 2.35. The Morgan fingerprint density at radius 1 is 1.20 bits per heavy atom. The lowest BCUT2D eigenvalue weighted by molar-refractivity contribution is -0.143. The molecule has 1 amide bonds. The fourth-order valence-electron chi connectivity index (χ4n) is 6.03. The highest BCUT2D eigenvalue weighted by molar-refractivity contribution is 7.89. The van der Waals surface area contributed by atoms with Crippen molar-refractivity contribution in [2.45, 2.75) is 55.9 Å². The summed E-state index contributed by atoms with van der Waals surface area (Å²) in [5.41, 5.74) is 5.21. The zero-order valence-electron chi connectivity index (χ0n) is 24.1. The number of hydrogen-bond acceptors (Lipinski definition) is 6. The lowest BCUT2D eigenvalue weighted by Gasteiger charge is -2.37. The number of carbonyl (C=O) groups excluding carboxylic acids is 1. The number of alkyl halides is 3. The molecule has 2 saturated heterocycles. The van der Waals surface area contributed by atoms with E-state index in [1.807, 2.05) is 0 Å². The molecule has 2 fully saturated rings. The van der Waals surface area contributed by atoms with E-state index in [9.17, 15) is 30.8 Å². The van der Waals surface area contributed by atoms with Gasteiger partial charge in [-0.2, -0.15) is 22.6 Å². The van der Waals surface area contributed by atoms with E-state index in [-0.39, 0.29) is 52.2 Å².